The molecule has 0 aliphatic heterocycles. The van der Waals surface area contributed by atoms with Crippen LogP contribution in [-0.2, 0) is 0 Å². The van der Waals surface area contributed by atoms with Crippen molar-refractivity contribution in [2.24, 2.45) is 0 Å². The van der Waals surface area contributed by atoms with E-state index in [2.05, 4.69) is 82.8 Å². The quantitative estimate of drug-likeness (QED) is 0.182. The smallest absolute Gasteiger partial charge is 0.123 e. The van der Waals surface area contributed by atoms with Gasteiger partial charge in [-0.1, -0.05) is 66.7 Å². The lowest BCUT2D eigenvalue weighted by atomic mass is 9.98. The standard InChI is InChI=1S/C42H27N7/c1-2-12-34-28(8-1)9-3-13-35(34)29-18-20-33(21-19-29)49-47-41-25-32(39-16-4-14-37(45-39)30-10-6-22-43-26-30)24-36(42(41)48-49)40-17-5-15-38(46-40)31-11-7-23-44-27-31/h1-27H. The van der Waals surface area contributed by atoms with Crippen molar-refractivity contribution < 1.29 is 0 Å². The van der Waals surface area contributed by atoms with Crippen molar-refractivity contribution in [2.75, 3.05) is 0 Å². The normalized spacial score (nSPS) is 11.3. The predicted molar refractivity (Wildman–Crippen MR) is 195 cm³/mol. The van der Waals surface area contributed by atoms with Gasteiger partial charge in [-0.15, -0.1) is 10.2 Å². The molecule has 0 N–H and O–H groups in total. The lowest BCUT2D eigenvalue weighted by Gasteiger charge is -2.09. The van der Waals surface area contributed by atoms with Gasteiger partial charge in [-0.25, -0.2) is 9.97 Å². The fourth-order valence-electron chi connectivity index (χ4n) is 6.26. The lowest BCUT2D eigenvalue weighted by Crippen LogP contribution is -1.98. The predicted octanol–water partition coefficient (Wildman–Crippen LogP) is 9.49. The molecule has 0 bridgehead atoms. The van der Waals surface area contributed by atoms with Gasteiger partial charge in [0.2, 0.25) is 0 Å². The summed E-state index contributed by atoms with van der Waals surface area (Å²) in [6.45, 7) is 0. The molecule has 9 aromatic rings. The summed E-state index contributed by atoms with van der Waals surface area (Å²) in [6, 6.07) is 47.3. The molecule has 0 saturated carbocycles. The van der Waals surface area contributed by atoms with Crippen LogP contribution in [0.1, 0.15) is 0 Å². The Morgan fingerprint density at radius 1 is 0.429 bits per heavy atom. The van der Waals surface area contributed by atoms with Gasteiger partial charge >= 0.3 is 0 Å². The molecule has 230 valence electrons. The van der Waals surface area contributed by atoms with Gasteiger partial charge in [0.25, 0.3) is 0 Å². The third-order valence-electron chi connectivity index (χ3n) is 8.67. The summed E-state index contributed by atoms with van der Waals surface area (Å²) in [5.74, 6) is 0. The topological polar surface area (TPSA) is 82.3 Å². The van der Waals surface area contributed by atoms with Crippen LogP contribution >= 0.6 is 0 Å². The minimum Gasteiger partial charge on any atom is -0.264 e. The molecule has 0 aliphatic rings. The fourth-order valence-corrected chi connectivity index (χ4v) is 6.26. The summed E-state index contributed by atoms with van der Waals surface area (Å²) >= 11 is 0. The molecule has 9 rings (SSSR count). The Morgan fingerprint density at radius 3 is 1.78 bits per heavy atom. The van der Waals surface area contributed by atoms with E-state index >= 15 is 0 Å². The molecule has 5 aromatic heterocycles. The molecule has 0 atom stereocenters. The van der Waals surface area contributed by atoms with Crippen molar-refractivity contribution in [1.82, 2.24) is 34.9 Å². The number of pyridine rings is 4. The number of rotatable bonds is 6. The Morgan fingerprint density at radius 2 is 1.06 bits per heavy atom. The largest absolute Gasteiger partial charge is 0.264 e. The van der Waals surface area contributed by atoms with E-state index in [4.69, 9.17) is 20.2 Å². The molecule has 7 nitrogen and oxygen atoms in total. The Hall–Kier alpha value is -6.86. The third kappa shape index (κ3) is 5.39. The molecule has 5 heterocycles. The Kier molecular flexibility index (Phi) is 6.98. The van der Waals surface area contributed by atoms with Crippen LogP contribution in [0.2, 0.25) is 0 Å². The zero-order chi connectivity index (χ0) is 32.6. The van der Waals surface area contributed by atoms with E-state index in [-0.39, 0.29) is 0 Å². The van der Waals surface area contributed by atoms with Gasteiger partial charge in [0.1, 0.15) is 11.0 Å². The highest BCUT2D eigenvalue weighted by Gasteiger charge is 2.17. The summed E-state index contributed by atoms with van der Waals surface area (Å²) in [4.78, 5) is 20.4. The average molecular weight is 630 g/mol. The Labute approximate surface area is 282 Å². The minimum atomic E-state index is 0.743. The van der Waals surface area contributed by atoms with Crippen LogP contribution in [0.15, 0.2) is 164 Å². The molecule has 0 unspecified atom stereocenters. The Balaban J connectivity index is 1.17. The molecule has 0 fully saturated rings. The molecule has 4 aromatic carbocycles. The number of aromatic nitrogens is 7. The van der Waals surface area contributed by atoms with Gasteiger partial charge in [0.05, 0.1) is 28.5 Å². The molecule has 0 saturated heterocycles. The van der Waals surface area contributed by atoms with E-state index < -0.39 is 0 Å². The summed E-state index contributed by atoms with van der Waals surface area (Å²) in [6.07, 6.45) is 7.18. The average Bonchev–Trinajstić information content (AvgIpc) is 3.63. The maximum Gasteiger partial charge on any atom is 0.123 e. The zero-order valence-electron chi connectivity index (χ0n) is 26.2. The molecule has 7 heteroatoms. The number of benzene rings is 4. The van der Waals surface area contributed by atoms with Gasteiger partial charge < -0.3 is 0 Å². The van der Waals surface area contributed by atoms with Crippen molar-refractivity contribution in [2.45, 2.75) is 0 Å². The highest BCUT2D eigenvalue weighted by atomic mass is 15.5. The first-order chi connectivity index (χ1) is 24.3. The van der Waals surface area contributed by atoms with E-state index in [1.807, 2.05) is 79.1 Å². The first-order valence-corrected chi connectivity index (χ1v) is 16.0. The first-order valence-electron chi connectivity index (χ1n) is 16.0. The van der Waals surface area contributed by atoms with Crippen molar-refractivity contribution in [1.29, 1.82) is 0 Å². The van der Waals surface area contributed by atoms with Crippen molar-refractivity contribution in [3.63, 3.8) is 0 Å². The third-order valence-corrected chi connectivity index (χ3v) is 8.67. The number of hydrogen-bond donors (Lipinski definition) is 0. The van der Waals surface area contributed by atoms with Crippen molar-refractivity contribution >= 4 is 21.8 Å². The molecular weight excluding hydrogens is 603 g/mol. The van der Waals surface area contributed by atoms with Gasteiger partial charge in [-0.2, -0.15) is 4.80 Å². The van der Waals surface area contributed by atoms with Crippen LogP contribution in [0.5, 0.6) is 0 Å². The molecule has 0 spiro atoms. The second-order valence-electron chi connectivity index (χ2n) is 11.8. The van der Waals surface area contributed by atoms with E-state index in [1.165, 1.54) is 16.3 Å². The zero-order valence-corrected chi connectivity index (χ0v) is 26.2. The maximum atomic E-state index is 5.07. The van der Waals surface area contributed by atoms with Crippen LogP contribution < -0.4 is 0 Å². The molecular formula is C42H27N7. The molecule has 0 amide bonds. The fraction of sp³-hybridized carbons (Fsp3) is 0. The molecule has 0 aliphatic carbocycles. The number of hydrogen-bond acceptors (Lipinski definition) is 6. The second-order valence-corrected chi connectivity index (χ2v) is 11.8. The van der Waals surface area contributed by atoms with Crippen LogP contribution in [0.3, 0.4) is 0 Å². The summed E-state index contributed by atoms with van der Waals surface area (Å²) < 4.78 is 0. The summed E-state index contributed by atoms with van der Waals surface area (Å²) in [5, 5.41) is 12.5. The van der Waals surface area contributed by atoms with Crippen molar-refractivity contribution in [3.05, 3.63) is 164 Å². The molecule has 49 heavy (non-hydrogen) atoms. The first kappa shape index (κ1) is 28.4. The molecule has 0 radical (unpaired) electrons. The van der Waals surface area contributed by atoms with E-state index in [0.717, 1.165) is 67.3 Å². The van der Waals surface area contributed by atoms with Gasteiger partial charge in [-0.05, 0) is 94.7 Å². The number of nitrogens with zero attached hydrogens (tertiary/aromatic N) is 7. The van der Waals surface area contributed by atoms with E-state index in [9.17, 15) is 0 Å². The highest BCUT2D eigenvalue weighted by molar-refractivity contribution is 5.97. The monoisotopic (exact) mass is 629 g/mol. The van der Waals surface area contributed by atoms with Crippen LogP contribution in [-0.4, -0.2) is 34.9 Å². The van der Waals surface area contributed by atoms with E-state index in [1.54, 1.807) is 17.2 Å². The van der Waals surface area contributed by atoms with Crippen LogP contribution in [0.4, 0.5) is 0 Å². The summed E-state index contributed by atoms with van der Waals surface area (Å²) in [5.41, 5.74) is 11.6. The van der Waals surface area contributed by atoms with E-state index in [0.29, 0.717) is 0 Å². The minimum absolute atomic E-state index is 0.743. The van der Waals surface area contributed by atoms with Gasteiger partial charge in [0.15, 0.2) is 0 Å². The maximum absolute atomic E-state index is 5.07. The van der Waals surface area contributed by atoms with Crippen LogP contribution in [0, 0.1) is 0 Å². The summed E-state index contributed by atoms with van der Waals surface area (Å²) in [7, 11) is 0. The van der Waals surface area contributed by atoms with Crippen LogP contribution in [0.25, 0.3) is 83.6 Å². The van der Waals surface area contributed by atoms with Gasteiger partial charge in [0, 0.05) is 47.0 Å². The van der Waals surface area contributed by atoms with Gasteiger partial charge in [-0.3, -0.25) is 9.97 Å². The second kappa shape index (κ2) is 12.1. The highest BCUT2D eigenvalue weighted by Crippen LogP contribution is 2.34. The Bertz CT molecular complexity index is 2590. The lowest BCUT2D eigenvalue weighted by molar-refractivity contribution is 0.766. The number of fused-ring (bicyclic) bond motifs is 2. The van der Waals surface area contributed by atoms with Crippen molar-refractivity contribution in [3.8, 4) is 61.8 Å². The SMILES string of the molecule is c1cncc(-c2cccc(-c3cc(-c4cccc(-c5cccnc5)n4)c4nn(-c5ccc(-c6cccc7ccccc67)cc5)nc4c3)n2)c1.